The molecule has 2 atom stereocenters. The molecule has 0 amide bonds. The summed E-state index contributed by atoms with van der Waals surface area (Å²) < 4.78 is 10.2. The molecule has 0 aromatic carbocycles. The minimum Gasteiger partial charge on any atom is -0.499 e. The first-order valence-electron chi connectivity index (χ1n) is 3.38. The van der Waals surface area contributed by atoms with Crippen LogP contribution in [-0.2, 0) is 9.47 Å². The molecular weight excluding hydrogens is 128 g/mol. The predicted octanol–water partition coefficient (Wildman–Crippen LogP) is 1.77. The lowest BCUT2D eigenvalue weighted by Gasteiger charge is -2.14. The largest absolute Gasteiger partial charge is 0.499 e. The monoisotopic (exact) mass is 143 g/mol. The highest BCUT2D eigenvalue weighted by Crippen LogP contribution is 1.96. The zero-order valence-corrected chi connectivity index (χ0v) is 6.67. The van der Waals surface area contributed by atoms with E-state index in [1.165, 1.54) is 6.26 Å². The van der Waals surface area contributed by atoms with E-state index < -0.39 is 0 Å². The topological polar surface area (TPSA) is 18.5 Å². The minimum atomic E-state index is 0.0171. The number of ether oxygens (including phenoxy) is 2. The van der Waals surface area contributed by atoms with Gasteiger partial charge in [0.25, 0.3) is 0 Å². The lowest BCUT2D eigenvalue weighted by Crippen LogP contribution is -2.18. The van der Waals surface area contributed by atoms with Crippen molar-refractivity contribution in [3.8, 4) is 0 Å². The van der Waals surface area contributed by atoms with Crippen molar-refractivity contribution < 1.29 is 9.47 Å². The molecule has 10 heavy (non-hydrogen) atoms. The van der Waals surface area contributed by atoms with Crippen molar-refractivity contribution in [3.05, 3.63) is 19.8 Å². The van der Waals surface area contributed by atoms with Crippen LogP contribution in [0.1, 0.15) is 13.8 Å². The summed E-state index contributed by atoms with van der Waals surface area (Å²) in [6.45, 7) is 11.5. The average molecular weight is 143 g/mol. The third-order valence-corrected chi connectivity index (χ3v) is 0.913. The van der Waals surface area contributed by atoms with Gasteiger partial charge in [-0.25, -0.2) is 0 Å². The Hall–Kier alpha value is -0.500. The zero-order chi connectivity index (χ0) is 7.98. The summed E-state index contributed by atoms with van der Waals surface area (Å²) in [6.07, 6.45) is 1.52. The Morgan fingerprint density at radius 1 is 1.50 bits per heavy atom. The van der Waals surface area contributed by atoms with Crippen molar-refractivity contribution in [2.75, 3.05) is 6.61 Å². The Kier molecular flexibility index (Phi) is 5.03. The fraction of sp³-hybridized carbons (Fsp3) is 0.625. The van der Waals surface area contributed by atoms with E-state index in [1.807, 2.05) is 13.8 Å². The zero-order valence-electron chi connectivity index (χ0n) is 6.67. The van der Waals surface area contributed by atoms with E-state index in [0.29, 0.717) is 6.61 Å². The van der Waals surface area contributed by atoms with Gasteiger partial charge in [0.2, 0.25) is 0 Å². The van der Waals surface area contributed by atoms with Gasteiger partial charge in [-0.15, -0.1) is 0 Å². The first kappa shape index (κ1) is 9.50. The number of hydrogen-bond donors (Lipinski definition) is 0. The minimum absolute atomic E-state index is 0.0171. The van der Waals surface area contributed by atoms with E-state index in [0.717, 1.165) is 0 Å². The van der Waals surface area contributed by atoms with Gasteiger partial charge < -0.3 is 9.47 Å². The molecule has 0 heterocycles. The summed E-state index contributed by atoms with van der Waals surface area (Å²) in [5.74, 6) is 0. The highest BCUT2D eigenvalue weighted by atomic mass is 16.5. The summed E-state index contributed by atoms with van der Waals surface area (Å²) in [7, 11) is 0. The summed E-state index contributed by atoms with van der Waals surface area (Å²) >= 11 is 0. The van der Waals surface area contributed by atoms with Gasteiger partial charge in [0.1, 0.15) is 6.61 Å². The van der Waals surface area contributed by atoms with Gasteiger partial charge in [0, 0.05) is 0 Å². The van der Waals surface area contributed by atoms with Crippen LogP contribution in [0.3, 0.4) is 0 Å². The van der Waals surface area contributed by atoms with Crippen LogP contribution in [0.2, 0.25) is 0 Å². The predicted molar refractivity (Wildman–Crippen MR) is 41.5 cm³/mol. The van der Waals surface area contributed by atoms with Crippen molar-refractivity contribution in [2.24, 2.45) is 0 Å². The molecule has 2 unspecified atom stereocenters. The Balaban J connectivity index is 3.24. The summed E-state index contributed by atoms with van der Waals surface area (Å²) in [5, 5.41) is 0. The highest BCUT2D eigenvalue weighted by molar-refractivity contribution is 4.57. The van der Waals surface area contributed by atoms with Gasteiger partial charge in [-0.2, -0.15) is 0 Å². The van der Waals surface area contributed by atoms with Crippen molar-refractivity contribution in [2.45, 2.75) is 26.1 Å². The Bertz CT molecular complexity index is 89.3. The normalized spacial score (nSPS) is 13.2. The van der Waals surface area contributed by atoms with Crippen LogP contribution in [0.4, 0.5) is 0 Å². The third kappa shape index (κ3) is 5.63. The Morgan fingerprint density at radius 2 is 2.10 bits per heavy atom. The molecule has 0 saturated heterocycles. The first-order valence-corrected chi connectivity index (χ1v) is 3.38. The van der Waals surface area contributed by atoms with E-state index in [4.69, 9.17) is 9.47 Å². The molecule has 59 valence electrons. The van der Waals surface area contributed by atoms with Gasteiger partial charge >= 0.3 is 0 Å². The molecule has 0 aromatic rings. The van der Waals surface area contributed by atoms with Gasteiger partial charge in [-0.3, -0.25) is 0 Å². The fourth-order valence-electron chi connectivity index (χ4n) is 0.639. The van der Waals surface area contributed by atoms with Crippen molar-refractivity contribution >= 4 is 0 Å². The van der Waals surface area contributed by atoms with E-state index in [2.05, 4.69) is 13.5 Å². The molecule has 0 aliphatic heterocycles. The molecule has 1 radical (unpaired) electrons. The molecule has 0 spiro atoms. The Morgan fingerprint density at radius 3 is 2.50 bits per heavy atom. The van der Waals surface area contributed by atoms with Crippen molar-refractivity contribution in [3.63, 3.8) is 0 Å². The smallest absolute Gasteiger partial charge is 0.113 e. The SMILES string of the molecule is [CH2]C(C)OC(C)COC=C. The van der Waals surface area contributed by atoms with Crippen LogP contribution in [0.5, 0.6) is 0 Å². The molecule has 0 saturated carbocycles. The van der Waals surface area contributed by atoms with Gasteiger partial charge in [0.05, 0.1) is 18.5 Å². The third-order valence-electron chi connectivity index (χ3n) is 0.913. The lowest BCUT2D eigenvalue weighted by molar-refractivity contribution is -0.00485. The van der Waals surface area contributed by atoms with Crippen LogP contribution in [0.15, 0.2) is 12.8 Å². The fourth-order valence-corrected chi connectivity index (χ4v) is 0.639. The summed E-state index contributed by atoms with van der Waals surface area (Å²) in [6, 6.07) is 0. The van der Waals surface area contributed by atoms with Crippen molar-refractivity contribution in [1.82, 2.24) is 0 Å². The van der Waals surface area contributed by atoms with Crippen LogP contribution < -0.4 is 0 Å². The van der Waals surface area contributed by atoms with Gasteiger partial charge in [0.15, 0.2) is 0 Å². The molecule has 0 rings (SSSR count). The second kappa shape index (κ2) is 5.30. The molecule has 0 aliphatic carbocycles. The van der Waals surface area contributed by atoms with Crippen LogP contribution in [-0.4, -0.2) is 18.8 Å². The van der Waals surface area contributed by atoms with E-state index >= 15 is 0 Å². The second-order valence-corrected chi connectivity index (χ2v) is 2.26. The molecule has 2 heteroatoms. The highest BCUT2D eigenvalue weighted by Gasteiger charge is 2.02. The molecule has 0 fully saturated rings. The van der Waals surface area contributed by atoms with Crippen LogP contribution in [0, 0.1) is 6.92 Å². The van der Waals surface area contributed by atoms with E-state index in [-0.39, 0.29) is 12.2 Å². The van der Waals surface area contributed by atoms with Crippen molar-refractivity contribution in [1.29, 1.82) is 0 Å². The maximum atomic E-state index is 5.27. The maximum Gasteiger partial charge on any atom is 0.113 e. The molecule has 0 N–H and O–H groups in total. The quantitative estimate of drug-likeness (QED) is 0.546. The second-order valence-electron chi connectivity index (χ2n) is 2.26. The summed E-state index contributed by atoms with van der Waals surface area (Å²) in [5.41, 5.74) is 0. The molecule has 2 nitrogen and oxygen atoms in total. The first-order chi connectivity index (χ1) is 4.66. The van der Waals surface area contributed by atoms with Gasteiger partial charge in [-0.1, -0.05) is 6.58 Å². The van der Waals surface area contributed by atoms with Gasteiger partial charge in [-0.05, 0) is 20.8 Å². The van der Waals surface area contributed by atoms with Crippen LogP contribution >= 0.6 is 0 Å². The molecule has 0 aliphatic rings. The molecule has 0 aromatic heterocycles. The summed E-state index contributed by atoms with van der Waals surface area (Å²) in [4.78, 5) is 0. The Labute approximate surface area is 62.8 Å². The standard InChI is InChI=1S/C8H15O2/c1-5-9-6-8(4)10-7(2)3/h5,7-8H,1-2,6H2,3-4H3. The lowest BCUT2D eigenvalue weighted by atomic mass is 10.4. The number of hydrogen-bond acceptors (Lipinski definition) is 2. The van der Waals surface area contributed by atoms with Crippen LogP contribution in [0.25, 0.3) is 0 Å². The number of rotatable bonds is 5. The average Bonchev–Trinajstić information content (AvgIpc) is 1.82. The maximum absolute atomic E-state index is 5.27. The molecule has 0 bridgehead atoms. The van der Waals surface area contributed by atoms with E-state index in [9.17, 15) is 0 Å². The van der Waals surface area contributed by atoms with E-state index in [1.54, 1.807) is 0 Å². The molecular formula is C8H15O2.